The van der Waals surface area contributed by atoms with Gasteiger partial charge in [0, 0.05) is 26.6 Å². The van der Waals surface area contributed by atoms with E-state index in [1.54, 1.807) is 32.4 Å². The van der Waals surface area contributed by atoms with Crippen LogP contribution < -0.4 is 16.3 Å². The van der Waals surface area contributed by atoms with Crippen LogP contribution in [0, 0.1) is 0 Å². The molecule has 0 radical (unpaired) electrons. The fourth-order valence-corrected chi connectivity index (χ4v) is 3.96. The summed E-state index contributed by atoms with van der Waals surface area (Å²) in [5.74, 6) is -0.758. The van der Waals surface area contributed by atoms with Crippen molar-refractivity contribution in [2.45, 2.75) is 58.1 Å². The quantitative estimate of drug-likeness (QED) is 0.458. The molecule has 1 saturated heterocycles. The molecule has 1 aromatic heterocycles. The lowest BCUT2D eigenvalue weighted by atomic mass is 10.0. The molecule has 2 heterocycles. The fourth-order valence-electron chi connectivity index (χ4n) is 3.96. The van der Waals surface area contributed by atoms with Gasteiger partial charge in [-0.3, -0.25) is 24.0 Å². The van der Waals surface area contributed by atoms with Crippen LogP contribution in [0.3, 0.4) is 0 Å². The number of imide groups is 1. The summed E-state index contributed by atoms with van der Waals surface area (Å²) in [4.78, 5) is 48.4. The van der Waals surface area contributed by atoms with Crippen LogP contribution in [0.4, 0.5) is 4.79 Å². The van der Waals surface area contributed by atoms with E-state index in [-0.39, 0.29) is 18.0 Å². The molecule has 2 aromatic rings. The number of carbonyl (C=O) groups is 3. The summed E-state index contributed by atoms with van der Waals surface area (Å²) in [7, 11) is 1.69. The maximum absolute atomic E-state index is 12.9. The van der Waals surface area contributed by atoms with Gasteiger partial charge in [-0.25, -0.2) is 9.59 Å². The molecule has 1 aliphatic rings. The number of nitrogens with one attached hydrogen (secondary N) is 2. The molecule has 3 rings (SSSR count). The van der Waals surface area contributed by atoms with Gasteiger partial charge >= 0.3 is 11.8 Å². The van der Waals surface area contributed by atoms with Crippen molar-refractivity contribution in [3.05, 3.63) is 34.2 Å². The molecule has 0 aliphatic carbocycles. The number of nitrogens with zero attached hydrogens (tertiary/aromatic N) is 2. The average molecular weight is 461 g/mol. The molecule has 0 bridgehead atoms. The van der Waals surface area contributed by atoms with Gasteiger partial charge in [0.15, 0.2) is 0 Å². The number of piperidine rings is 1. The molecule has 0 spiro atoms. The summed E-state index contributed by atoms with van der Waals surface area (Å²) in [6.07, 6.45) is 1.45. The lowest BCUT2D eigenvalue weighted by Gasteiger charge is -2.22. The van der Waals surface area contributed by atoms with E-state index in [4.69, 9.17) is 9.47 Å². The predicted molar refractivity (Wildman–Crippen MR) is 122 cm³/mol. The number of alkyl carbamates (subject to hydrolysis) is 1. The van der Waals surface area contributed by atoms with Crippen LogP contribution >= 0.6 is 0 Å². The zero-order valence-electron chi connectivity index (χ0n) is 19.6. The van der Waals surface area contributed by atoms with Gasteiger partial charge in [-0.15, -0.1) is 0 Å². The Morgan fingerprint density at radius 1 is 1.21 bits per heavy atom. The number of fused-ring (bicyclic) bond motifs is 1. The largest absolute Gasteiger partial charge is 0.444 e. The molecule has 0 saturated carbocycles. The van der Waals surface area contributed by atoms with Crippen molar-refractivity contribution in [1.29, 1.82) is 0 Å². The molecule has 10 heteroatoms. The molecule has 1 atom stereocenters. The third-order valence-corrected chi connectivity index (χ3v) is 5.36. The van der Waals surface area contributed by atoms with Crippen molar-refractivity contribution in [1.82, 2.24) is 19.8 Å². The standard InChI is InChI=1S/C23H32N4O6/c1-23(2,3)33-21(30)24-12-14-32-13-6-8-15-7-5-9-16-19(15)26(4)22(31)27(16)17-10-11-18(28)25-20(17)29/h5,7,9,17H,6,8,10-14H2,1-4H3,(H,24,30)(H,25,28,29). The number of ether oxygens (including phenoxy) is 2. The maximum atomic E-state index is 12.9. The highest BCUT2D eigenvalue weighted by molar-refractivity contribution is 6.00. The van der Waals surface area contributed by atoms with Gasteiger partial charge in [0.05, 0.1) is 17.6 Å². The topological polar surface area (TPSA) is 121 Å². The summed E-state index contributed by atoms with van der Waals surface area (Å²) in [6, 6.07) is 4.95. The van der Waals surface area contributed by atoms with Gasteiger partial charge in [0.25, 0.3) is 0 Å². The number of benzene rings is 1. The van der Waals surface area contributed by atoms with Crippen molar-refractivity contribution in [2.75, 3.05) is 19.8 Å². The summed E-state index contributed by atoms with van der Waals surface area (Å²) >= 11 is 0. The van der Waals surface area contributed by atoms with Crippen LogP contribution in [-0.4, -0.2) is 52.4 Å². The van der Waals surface area contributed by atoms with Crippen molar-refractivity contribution >= 4 is 28.9 Å². The van der Waals surface area contributed by atoms with E-state index in [2.05, 4.69) is 10.6 Å². The number of hydrogen-bond donors (Lipinski definition) is 2. The van der Waals surface area contributed by atoms with Crippen LogP contribution in [0.25, 0.3) is 11.0 Å². The molecule has 2 N–H and O–H groups in total. The predicted octanol–water partition coefficient (Wildman–Crippen LogP) is 1.79. The first-order chi connectivity index (χ1) is 15.6. The number of rotatable bonds is 8. The molecule has 3 amide bonds. The highest BCUT2D eigenvalue weighted by Crippen LogP contribution is 2.25. The number of amides is 3. The van der Waals surface area contributed by atoms with Gasteiger partial charge in [-0.05, 0) is 51.7 Å². The average Bonchev–Trinajstić information content (AvgIpc) is 2.97. The first-order valence-corrected chi connectivity index (χ1v) is 11.2. The second-order valence-corrected chi connectivity index (χ2v) is 9.11. The van der Waals surface area contributed by atoms with Crippen molar-refractivity contribution in [3.8, 4) is 0 Å². The number of imidazole rings is 1. The van der Waals surface area contributed by atoms with Gasteiger partial charge < -0.3 is 14.8 Å². The van der Waals surface area contributed by atoms with Gasteiger partial charge in [0.2, 0.25) is 11.8 Å². The number of hydrogen-bond acceptors (Lipinski definition) is 6. The molecule has 10 nitrogen and oxygen atoms in total. The Kier molecular flexibility index (Phi) is 7.57. The Morgan fingerprint density at radius 3 is 2.67 bits per heavy atom. The molecular formula is C23H32N4O6. The minimum absolute atomic E-state index is 0.207. The number of carbonyl (C=O) groups excluding carboxylic acids is 3. The van der Waals surface area contributed by atoms with Gasteiger partial charge in [-0.1, -0.05) is 12.1 Å². The molecule has 1 unspecified atom stereocenters. The Morgan fingerprint density at radius 2 is 1.97 bits per heavy atom. The smallest absolute Gasteiger partial charge is 0.407 e. The Bertz CT molecular complexity index is 1090. The minimum atomic E-state index is -0.699. The highest BCUT2D eigenvalue weighted by Gasteiger charge is 2.31. The van der Waals surface area contributed by atoms with Crippen LogP contribution in [0.2, 0.25) is 0 Å². The lowest BCUT2D eigenvalue weighted by molar-refractivity contribution is -0.135. The van der Waals surface area contributed by atoms with E-state index in [0.717, 1.165) is 17.5 Å². The van der Waals surface area contributed by atoms with E-state index in [1.807, 2.05) is 18.2 Å². The molecule has 33 heavy (non-hydrogen) atoms. The van der Waals surface area contributed by atoms with E-state index in [1.165, 1.54) is 4.57 Å². The maximum Gasteiger partial charge on any atom is 0.407 e. The second-order valence-electron chi connectivity index (χ2n) is 9.11. The summed E-state index contributed by atoms with van der Waals surface area (Å²) in [5.41, 5.74) is 1.62. The van der Waals surface area contributed by atoms with Crippen molar-refractivity contribution in [2.24, 2.45) is 7.05 Å². The molecular weight excluding hydrogens is 428 g/mol. The SMILES string of the molecule is Cn1c(=O)n(C2CCC(=O)NC2=O)c2cccc(CCCOCCNC(=O)OC(C)(C)C)c21. The number of para-hydroxylation sites is 1. The Hall–Kier alpha value is -3.14. The first kappa shape index (κ1) is 24.5. The van der Waals surface area contributed by atoms with Gasteiger partial charge in [0.1, 0.15) is 11.6 Å². The Labute approximate surface area is 192 Å². The van der Waals surface area contributed by atoms with Crippen molar-refractivity contribution < 1.29 is 23.9 Å². The van der Waals surface area contributed by atoms with Crippen molar-refractivity contribution in [3.63, 3.8) is 0 Å². The third kappa shape index (κ3) is 6.01. The molecule has 1 aromatic carbocycles. The summed E-state index contributed by atoms with van der Waals surface area (Å²) in [6.45, 7) is 6.63. The fraction of sp³-hybridized carbons (Fsp3) is 0.565. The molecule has 1 aliphatic heterocycles. The van der Waals surface area contributed by atoms with Gasteiger partial charge in [-0.2, -0.15) is 0 Å². The van der Waals surface area contributed by atoms with E-state index in [9.17, 15) is 19.2 Å². The summed E-state index contributed by atoms with van der Waals surface area (Å²) in [5, 5.41) is 4.97. The molecule has 1 fully saturated rings. The third-order valence-electron chi connectivity index (χ3n) is 5.36. The zero-order valence-corrected chi connectivity index (χ0v) is 19.6. The number of aromatic nitrogens is 2. The van der Waals surface area contributed by atoms with E-state index < -0.39 is 23.6 Å². The van der Waals surface area contributed by atoms with E-state index in [0.29, 0.717) is 38.1 Å². The Balaban J connectivity index is 1.58. The molecule has 180 valence electrons. The highest BCUT2D eigenvalue weighted by atomic mass is 16.6. The lowest BCUT2D eigenvalue weighted by Crippen LogP contribution is -2.44. The van der Waals surface area contributed by atoms with E-state index >= 15 is 0 Å². The summed E-state index contributed by atoms with van der Waals surface area (Å²) < 4.78 is 13.8. The number of aryl methyl sites for hydroxylation is 2. The van der Waals surface area contributed by atoms with Crippen LogP contribution in [0.15, 0.2) is 23.0 Å². The zero-order chi connectivity index (χ0) is 24.2. The van der Waals surface area contributed by atoms with Crippen LogP contribution in [0.1, 0.15) is 51.6 Å². The minimum Gasteiger partial charge on any atom is -0.444 e. The van der Waals surface area contributed by atoms with Crippen LogP contribution in [0.5, 0.6) is 0 Å². The first-order valence-electron chi connectivity index (χ1n) is 11.2. The second kappa shape index (κ2) is 10.2. The van der Waals surface area contributed by atoms with Crippen LogP contribution in [-0.2, 0) is 32.5 Å². The normalized spacial score (nSPS) is 16.7. The monoisotopic (exact) mass is 460 g/mol.